The number of carbonyl (C=O) groups excluding carboxylic acids is 2. The van der Waals surface area contributed by atoms with Crippen LogP contribution in [-0.2, 0) is 10.3 Å². The lowest BCUT2D eigenvalue weighted by Gasteiger charge is -2.36. The summed E-state index contributed by atoms with van der Waals surface area (Å²) in [7, 11) is 0. The second-order valence-electron chi connectivity index (χ2n) is 9.82. The minimum Gasteiger partial charge on any atom is -0.324 e. The smallest absolute Gasteiger partial charge is 0.250 e. The predicted molar refractivity (Wildman–Crippen MR) is 137 cm³/mol. The summed E-state index contributed by atoms with van der Waals surface area (Å²) in [5.74, 6) is 0.335. The molecule has 3 aliphatic rings. The number of fused-ring (bicyclic) bond motifs is 4. The number of Topliss-reactive ketones (excluding diaryl/α,β-unsaturated/α-hetero) is 1. The van der Waals surface area contributed by atoms with Gasteiger partial charge in [-0.25, -0.2) is 0 Å². The van der Waals surface area contributed by atoms with Gasteiger partial charge in [-0.05, 0) is 62.1 Å². The maximum atomic E-state index is 14.4. The van der Waals surface area contributed by atoms with Gasteiger partial charge in [-0.2, -0.15) is 0 Å². The van der Waals surface area contributed by atoms with Crippen molar-refractivity contribution in [2.75, 3.05) is 16.9 Å². The lowest BCUT2D eigenvalue weighted by molar-refractivity contribution is -0.127. The molecular formula is C26H26ClN5O2S. The number of thioether (sulfide) groups is 1. The first-order valence-corrected chi connectivity index (χ1v) is 13.2. The molecule has 0 bridgehead atoms. The molecule has 2 saturated heterocycles. The van der Waals surface area contributed by atoms with E-state index >= 15 is 0 Å². The Morgan fingerprint density at radius 1 is 1.17 bits per heavy atom. The molecule has 6 rings (SSSR count). The number of nitrogens with one attached hydrogen (secondary N) is 2. The van der Waals surface area contributed by atoms with E-state index in [-0.39, 0.29) is 23.7 Å². The molecule has 1 amide bonds. The number of anilines is 1. The maximum Gasteiger partial charge on any atom is 0.250 e. The van der Waals surface area contributed by atoms with Crippen molar-refractivity contribution < 1.29 is 9.59 Å². The number of ketones is 1. The molecule has 7 nitrogen and oxygen atoms in total. The molecule has 3 aliphatic heterocycles. The van der Waals surface area contributed by atoms with E-state index in [1.165, 1.54) is 16.7 Å². The first-order chi connectivity index (χ1) is 16.8. The number of aromatic amines is 1. The van der Waals surface area contributed by atoms with E-state index in [1.807, 2.05) is 17.8 Å². The Bertz CT molecular complexity index is 1400. The summed E-state index contributed by atoms with van der Waals surface area (Å²) in [5, 5.41) is 14.5. The van der Waals surface area contributed by atoms with Crippen molar-refractivity contribution in [3.8, 4) is 0 Å². The lowest BCUT2D eigenvalue weighted by atomic mass is 9.69. The summed E-state index contributed by atoms with van der Waals surface area (Å²) in [4.78, 5) is 30.7. The van der Waals surface area contributed by atoms with Crippen LogP contribution in [-0.4, -0.2) is 49.7 Å². The van der Waals surface area contributed by atoms with Crippen molar-refractivity contribution in [3.63, 3.8) is 0 Å². The highest BCUT2D eigenvalue weighted by Crippen LogP contribution is 2.61. The highest BCUT2D eigenvalue weighted by Gasteiger charge is 2.70. The molecule has 0 aliphatic carbocycles. The summed E-state index contributed by atoms with van der Waals surface area (Å²) in [6, 6.07) is 9.78. The Kier molecular flexibility index (Phi) is 5.15. The van der Waals surface area contributed by atoms with Crippen LogP contribution in [0.4, 0.5) is 5.69 Å². The quantitative estimate of drug-likeness (QED) is 0.507. The van der Waals surface area contributed by atoms with E-state index in [0.717, 1.165) is 16.9 Å². The second-order valence-corrected chi connectivity index (χ2v) is 11.3. The Morgan fingerprint density at radius 3 is 2.71 bits per heavy atom. The zero-order chi connectivity index (χ0) is 24.6. The monoisotopic (exact) mass is 507 g/mol. The standard InChI is InChI=1S/C26H26ClN5O2S/c1-12-5-7-17(14(3)13(12)2)21-20-10-35-11-32(20)26(22(21)24(33)23-15(4)29-31-30-23)18-8-6-16(27)9-19(18)28-25(26)34/h5-9,20-22H,10-11H2,1-4H3,(H,28,34)(H,29,30,31)/t20?,21-,22-,26+/m1/s1. The molecule has 4 heterocycles. The van der Waals surface area contributed by atoms with Crippen molar-refractivity contribution in [3.05, 3.63) is 74.6 Å². The van der Waals surface area contributed by atoms with Crippen molar-refractivity contribution >= 4 is 40.7 Å². The molecule has 2 aromatic carbocycles. The molecule has 0 saturated carbocycles. The Morgan fingerprint density at radius 2 is 1.97 bits per heavy atom. The van der Waals surface area contributed by atoms with Crippen molar-refractivity contribution in [1.29, 1.82) is 0 Å². The van der Waals surface area contributed by atoms with Crippen LogP contribution in [0.15, 0.2) is 30.3 Å². The van der Waals surface area contributed by atoms with Gasteiger partial charge in [0.1, 0.15) is 5.54 Å². The fraction of sp³-hybridized carbons (Fsp3) is 0.385. The summed E-state index contributed by atoms with van der Waals surface area (Å²) in [6.45, 7) is 8.15. The molecule has 2 fully saturated rings. The number of aryl methyl sites for hydroxylation is 2. The normalized spacial score (nSPS) is 27.3. The first kappa shape index (κ1) is 22.8. The number of H-pyrrole nitrogens is 1. The van der Waals surface area contributed by atoms with Gasteiger partial charge in [-0.3, -0.25) is 19.6 Å². The van der Waals surface area contributed by atoms with Crippen LogP contribution in [0.25, 0.3) is 0 Å². The average molecular weight is 508 g/mol. The van der Waals surface area contributed by atoms with Gasteiger partial charge < -0.3 is 5.32 Å². The number of carbonyl (C=O) groups is 2. The molecule has 3 aromatic rings. The molecule has 35 heavy (non-hydrogen) atoms. The van der Waals surface area contributed by atoms with E-state index < -0.39 is 11.5 Å². The third-order valence-corrected chi connectivity index (χ3v) is 9.55. The van der Waals surface area contributed by atoms with Crippen molar-refractivity contribution in [2.45, 2.75) is 45.2 Å². The van der Waals surface area contributed by atoms with Gasteiger partial charge in [0, 0.05) is 39.9 Å². The summed E-state index contributed by atoms with van der Waals surface area (Å²) in [6.07, 6.45) is 0. The summed E-state index contributed by atoms with van der Waals surface area (Å²) in [5.41, 5.74) is 5.96. The molecule has 0 radical (unpaired) electrons. The second kappa shape index (κ2) is 7.91. The zero-order valence-corrected chi connectivity index (χ0v) is 21.5. The van der Waals surface area contributed by atoms with Crippen LogP contribution in [0.3, 0.4) is 0 Å². The first-order valence-electron chi connectivity index (χ1n) is 11.7. The minimum atomic E-state index is -1.15. The number of benzene rings is 2. The average Bonchev–Trinajstić information content (AvgIpc) is 3.57. The van der Waals surface area contributed by atoms with Gasteiger partial charge in [-0.1, -0.05) is 35.0 Å². The Labute approximate surface area is 213 Å². The van der Waals surface area contributed by atoms with E-state index in [4.69, 9.17) is 11.6 Å². The number of nitrogens with zero attached hydrogens (tertiary/aromatic N) is 3. The number of aromatic nitrogens is 3. The highest BCUT2D eigenvalue weighted by atomic mass is 35.5. The summed E-state index contributed by atoms with van der Waals surface area (Å²) >= 11 is 8.10. The maximum absolute atomic E-state index is 14.4. The number of hydrogen-bond acceptors (Lipinski definition) is 6. The van der Waals surface area contributed by atoms with Gasteiger partial charge in [0.2, 0.25) is 5.91 Å². The van der Waals surface area contributed by atoms with Crippen LogP contribution in [0.5, 0.6) is 0 Å². The fourth-order valence-corrected chi connectivity index (χ4v) is 7.90. The van der Waals surface area contributed by atoms with E-state index in [2.05, 4.69) is 58.5 Å². The van der Waals surface area contributed by atoms with Gasteiger partial charge in [0.15, 0.2) is 11.5 Å². The fourth-order valence-electron chi connectivity index (χ4n) is 6.40. The van der Waals surface area contributed by atoms with Crippen LogP contribution < -0.4 is 5.32 Å². The lowest BCUT2D eigenvalue weighted by Crippen LogP contribution is -2.52. The van der Waals surface area contributed by atoms with E-state index in [1.54, 1.807) is 19.1 Å². The zero-order valence-electron chi connectivity index (χ0n) is 20.0. The molecule has 1 unspecified atom stereocenters. The molecule has 2 N–H and O–H groups in total. The van der Waals surface area contributed by atoms with Crippen LogP contribution in [0.2, 0.25) is 5.02 Å². The van der Waals surface area contributed by atoms with Crippen molar-refractivity contribution in [1.82, 2.24) is 20.3 Å². The highest BCUT2D eigenvalue weighted by molar-refractivity contribution is 7.99. The van der Waals surface area contributed by atoms with Crippen LogP contribution in [0, 0.1) is 33.6 Å². The van der Waals surface area contributed by atoms with Crippen LogP contribution in [0.1, 0.15) is 49.9 Å². The van der Waals surface area contributed by atoms with Gasteiger partial charge >= 0.3 is 0 Å². The van der Waals surface area contributed by atoms with Gasteiger partial charge in [0.05, 0.1) is 11.6 Å². The molecular weight excluding hydrogens is 482 g/mol. The van der Waals surface area contributed by atoms with E-state index in [9.17, 15) is 9.59 Å². The largest absolute Gasteiger partial charge is 0.324 e. The van der Waals surface area contributed by atoms with Gasteiger partial charge in [-0.15, -0.1) is 16.9 Å². The minimum absolute atomic E-state index is 0.0225. The SMILES string of the molecule is Cc1ccc([C@@H]2C3CSCN3[C@]3(C(=O)Nc4cc(Cl)ccc43)[C@H]2C(=O)c2nn[nH]c2C)c(C)c1C. The third kappa shape index (κ3) is 2.96. The Balaban J connectivity index is 1.65. The number of hydrogen-bond donors (Lipinski definition) is 2. The summed E-state index contributed by atoms with van der Waals surface area (Å²) < 4.78 is 0. The number of amides is 1. The molecule has 1 spiro atoms. The van der Waals surface area contributed by atoms with Crippen molar-refractivity contribution in [2.24, 2.45) is 5.92 Å². The molecule has 4 atom stereocenters. The molecule has 9 heteroatoms. The molecule has 1 aromatic heterocycles. The number of rotatable bonds is 3. The Hall–Kier alpha value is -2.68. The van der Waals surface area contributed by atoms with Crippen LogP contribution >= 0.6 is 23.4 Å². The van der Waals surface area contributed by atoms with Gasteiger partial charge in [0.25, 0.3) is 0 Å². The predicted octanol–water partition coefficient (Wildman–Crippen LogP) is 4.51. The molecule has 180 valence electrons. The number of halogens is 1. The van der Waals surface area contributed by atoms with E-state index in [0.29, 0.717) is 28.0 Å². The third-order valence-electron chi connectivity index (χ3n) is 8.28. The topological polar surface area (TPSA) is 91.0 Å².